The number of hydrogen-bond acceptors (Lipinski definition) is 5. The Bertz CT molecular complexity index is 548. The second kappa shape index (κ2) is 4.03. The summed E-state index contributed by atoms with van der Waals surface area (Å²) in [6, 6.07) is 2.74. The molecule has 1 saturated heterocycles. The second-order valence-electron chi connectivity index (χ2n) is 5.18. The number of thiophene rings is 1. The van der Waals surface area contributed by atoms with Crippen LogP contribution < -0.4 is 4.78 Å². The van der Waals surface area contributed by atoms with Crippen LogP contribution in [0.5, 0.6) is 0 Å². The van der Waals surface area contributed by atoms with Gasteiger partial charge in [-0.3, -0.25) is 0 Å². The first kappa shape index (κ1) is 14.0. The van der Waals surface area contributed by atoms with Crippen molar-refractivity contribution in [3.05, 3.63) is 12.1 Å². The average Bonchev–Trinajstić information content (AvgIpc) is 2.69. The van der Waals surface area contributed by atoms with Crippen molar-refractivity contribution in [2.45, 2.75) is 43.1 Å². The molecule has 8 heteroatoms. The van der Waals surface area contributed by atoms with Crippen molar-refractivity contribution in [2.75, 3.05) is 0 Å². The van der Waals surface area contributed by atoms with Gasteiger partial charge in [-0.15, -0.1) is 11.3 Å². The van der Waals surface area contributed by atoms with Gasteiger partial charge < -0.3 is 9.31 Å². The fourth-order valence-electron chi connectivity index (χ4n) is 1.55. The third-order valence-corrected chi connectivity index (χ3v) is 5.69. The van der Waals surface area contributed by atoms with E-state index >= 15 is 0 Å². The molecule has 1 aromatic rings. The zero-order valence-electron chi connectivity index (χ0n) is 10.6. The van der Waals surface area contributed by atoms with Crippen LogP contribution in [0.3, 0.4) is 0 Å². The minimum atomic E-state index is -4.66. The van der Waals surface area contributed by atoms with Gasteiger partial charge in [0.25, 0.3) is 0 Å². The van der Waals surface area contributed by atoms with Crippen LogP contribution in [0.25, 0.3) is 0 Å². The van der Waals surface area contributed by atoms with Crippen molar-refractivity contribution in [3.63, 3.8) is 0 Å². The van der Waals surface area contributed by atoms with Crippen LogP contribution in [0.15, 0.2) is 16.3 Å². The zero-order valence-corrected chi connectivity index (χ0v) is 12.2. The Balaban J connectivity index is 2.28. The molecule has 0 bridgehead atoms. The molecule has 0 saturated carbocycles. The summed E-state index contributed by atoms with van der Waals surface area (Å²) in [5, 5.41) is 0. The summed E-state index contributed by atoms with van der Waals surface area (Å²) in [6.07, 6.45) is 0. The second-order valence-corrected chi connectivity index (χ2v) is 7.87. The Labute approximate surface area is 110 Å². The van der Waals surface area contributed by atoms with Crippen LogP contribution in [0.1, 0.15) is 27.7 Å². The highest BCUT2D eigenvalue weighted by Gasteiger charge is 2.52. The van der Waals surface area contributed by atoms with Gasteiger partial charge in [-0.2, -0.15) is 8.42 Å². The highest BCUT2D eigenvalue weighted by atomic mass is 32.3. The molecule has 0 amide bonds. The normalized spacial score (nSPS) is 22.4. The SMILES string of the molecule is CC1(C)OB(c2ccc(S(=O)(=O)F)s2)OC1(C)C. The molecule has 2 rings (SSSR count). The van der Waals surface area contributed by atoms with E-state index in [0.29, 0.717) is 4.78 Å². The van der Waals surface area contributed by atoms with Crippen LogP contribution in [0, 0.1) is 0 Å². The molecule has 100 valence electrons. The van der Waals surface area contributed by atoms with Gasteiger partial charge in [0.05, 0.1) is 11.2 Å². The first-order valence-electron chi connectivity index (χ1n) is 5.43. The Morgan fingerprint density at radius 1 is 1.17 bits per heavy atom. The largest absolute Gasteiger partial charge is 0.505 e. The average molecular weight is 292 g/mol. The molecule has 1 fully saturated rings. The summed E-state index contributed by atoms with van der Waals surface area (Å²) in [6.45, 7) is 7.58. The molecule has 4 nitrogen and oxygen atoms in total. The molecule has 1 aliphatic rings. The zero-order chi connectivity index (χ0) is 13.8. The molecule has 0 aromatic carbocycles. The number of halogens is 1. The van der Waals surface area contributed by atoms with E-state index in [0.717, 1.165) is 11.3 Å². The molecule has 0 aliphatic carbocycles. The van der Waals surface area contributed by atoms with E-state index in [4.69, 9.17) is 9.31 Å². The summed E-state index contributed by atoms with van der Waals surface area (Å²) in [7, 11) is -5.32. The van der Waals surface area contributed by atoms with Gasteiger partial charge in [-0.1, -0.05) is 9.95 Å². The van der Waals surface area contributed by atoms with Crippen molar-refractivity contribution in [1.29, 1.82) is 0 Å². The summed E-state index contributed by atoms with van der Waals surface area (Å²) >= 11 is 0.826. The minimum Gasteiger partial charge on any atom is -0.399 e. The molecule has 2 heterocycles. The van der Waals surface area contributed by atoms with Crippen LogP contribution in [-0.2, 0) is 19.5 Å². The van der Waals surface area contributed by atoms with Gasteiger partial charge in [0.15, 0.2) is 4.21 Å². The molecule has 0 radical (unpaired) electrons. The summed E-state index contributed by atoms with van der Waals surface area (Å²) in [4.78, 5) is 0. The smallest absolute Gasteiger partial charge is 0.399 e. The third kappa shape index (κ3) is 2.34. The lowest BCUT2D eigenvalue weighted by atomic mass is 9.88. The molecule has 1 aliphatic heterocycles. The Morgan fingerprint density at radius 3 is 2.06 bits per heavy atom. The predicted octanol–water partition coefficient (Wildman–Crippen LogP) is 1.71. The van der Waals surface area contributed by atoms with Gasteiger partial charge in [-0.25, -0.2) is 0 Å². The molecule has 1 aromatic heterocycles. The van der Waals surface area contributed by atoms with Crippen LogP contribution in [-0.4, -0.2) is 26.7 Å². The minimum absolute atomic E-state index is 0.327. The Morgan fingerprint density at radius 2 is 1.67 bits per heavy atom. The standard InChI is InChI=1S/C10H14BFO4S2/c1-9(2)10(3,4)16-11(15-9)7-5-6-8(17-7)18(12,13)14/h5-6H,1-4H3. The van der Waals surface area contributed by atoms with E-state index in [1.807, 2.05) is 27.7 Å². The molecule has 0 atom stereocenters. The molecular weight excluding hydrogens is 278 g/mol. The van der Waals surface area contributed by atoms with Gasteiger partial charge in [0.1, 0.15) is 0 Å². The summed E-state index contributed by atoms with van der Waals surface area (Å²) in [5.41, 5.74) is -1.01. The Kier molecular flexibility index (Phi) is 3.13. The van der Waals surface area contributed by atoms with Gasteiger partial charge in [0, 0.05) is 4.78 Å². The third-order valence-electron chi connectivity index (χ3n) is 3.33. The van der Waals surface area contributed by atoms with Gasteiger partial charge >= 0.3 is 17.3 Å². The van der Waals surface area contributed by atoms with Crippen molar-refractivity contribution >= 4 is 33.5 Å². The topological polar surface area (TPSA) is 52.6 Å². The van der Waals surface area contributed by atoms with Gasteiger partial charge in [0.2, 0.25) is 0 Å². The molecule has 0 unspecified atom stereocenters. The summed E-state index contributed by atoms with van der Waals surface area (Å²) in [5.74, 6) is 0. The summed E-state index contributed by atoms with van der Waals surface area (Å²) < 4.78 is 46.1. The highest BCUT2D eigenvalue weighted by molar-refractivity contribution is 7.88. The van der Waals surface area contributed by atoms with Crippen molar-refractivity contribution in [2.24, 2.45) is 0 Å². The van der Waals surface area contributed by atoms with E-state index in [1.54, 1.807) is 0 Å². The maximum absolute atomic E-state index is 12.8. The fraction of sp³-hybridized carbons (Fsp3) is 0.600. The van der Waals surface area contributed by atoms with E-state index in [-0.39, 0.29) is 4.21 Å². The maximum Gasteiger partial charge on any atom is 0.505 e. The highest BCUT2D eigenvalue weighted by Crippen LogP contribution is 2.37. The van der Waals surface area contributed by atoms with E-state index in [1.165, 1.54) is 12.1 Å². The van der Waals surface area contributed by atoms with Crippen LogP contribution >= 0.6 is 11.3 Å². The lowest BCUT2D eigenvalue weighted by molar-refractivity contribution is 0.00578. The lowest BCUT2D eigenvalue weighted by Crippen LogP contribution is -2.41. The lowest BCUT2D eigenvalue weighted by Gasteiger charge is -2.32. The van der Waals surface area contributed by atoms with Crippen LogP contribution in [0.4, 0.5) is 3.89 Å². The van der Waals surface area contributed by atoms with Crippen LogP contribution in [0.2, 0.25) is 0 Å². The first-order chi connectivity index (χ1) is 8.03. The van der Waals surface area contributed by atoms with Crippen molar-refractivity contribution in [3.8, 4) is 0 Å². The monoisotopic (exact) mass is 292 g/mol. The number of rotatable bonds is 2. The van der Waals surface area contributed by atoms with Gasteiger partial charge in [-0.05, 0) is 33.8 Å². The van der Waals surface area contributed by atoms with E-state index in [9.17, 15) is 12.3 Å². The molecule has 0 N–H and O–H groups in total. The maximum atomic E-state index is 12.8. The van der Waals surface area contributed by atoms with Crippen molar-refractivity contribution in [1.82, 2.24) is 0 Å². The predicted molar refractivity (Wildman–Crippen MR) is 68.3 cm³/mol. The van der Waals surface area contributed by atoms with E-state index < -0.39 is 28.5 Å². The number of hydrogen-bond donors (Lipinski definition) is 0. The Hall–Kier alpha value is -0.435. The molecular formula is C10H14BFO4S2. The molecule has 0 spiro atoms. The van der Waals surface area contributed by atoms with Crippen molar-refractivity contribution < 1.29 is 21.6 Å². The fourth-order valence-corrected chi connectivity index (χ4v) is 3.17. The first-order valence-corrected chi connectivity index (χ1v) is 7.63. The quantitative estimate of drug-likeness (QED) is 0.615. The van der Waals surface area contributed by atoms with E-state index in [2.05, 4.69) is 0 Å². The molecule has 18 heavy (non-hydrogen) atoms.